The van der Waals surface area contributed by atoms with Crippen molar-refractivity contribution >= 4 is 15.7 Å². The van der Waals surface area contributed by atoms with Gasteiger partial charge in [0.05, 0.1) is 5.75 Å². The first-order valence-corrected chi connectivity index (χ1v) is 10.4. The molecule has 0 spiro atoms. The molecule has 1 aromatic heterocycles. The molecule has 1 aromatic rings. The number of hydrogen-bond donors (Lipinski definition) is 1. The third kappa shape index (κ3) is 5.31. The summed E-state index contributed by atoms with van der Waals surface area (Å²) in [5.41, 5.74) is 0. The summed E-state index contributed by atoms with van der Waals surface area (Å²) >= 11 is 0. The number of aryl methyl sites for hydroxylation is 1. The Labute approximate surface area is 144 Å². The molecule has 0 saturated carbocycles. The van der Waals surface area contributed by atoms with Crippen LogP contribution in [0.3, 0.4) is 0 Å². The molecule has 0 unspecified atom stereocenters. The number of sulfone groups is 1. The number of aromatic nitrogens is 2. The summed E-state index contributed by atoms with van der Waals surface area (Å²) in [5.74, 6) is 1.70. The SMILES string of the molecule is Cc1nccn1CC(=O)N[C@H]1CN(CCS(C)(=O)=O)C[C@@H]1C(C)C. The Morgan fingerprint density at radius 1 is 1.42 bits per heavy atom. The van der Waals surface area contributed by atoms with Gasteiger partial charge in [0.15, 0.2) is 0 Å². The van der Waals surface area contributed by atoms with Crippen LogP contribution in [0.4, 0.5) is 0 Å². The maximum Gasteiger partial charge on any atom is 0.240 e. The molecule has 1 aliphatic rings. The lowest BCUT2D eigenvalue weighted by Gasteiger charge is -2.23. The van der Waals surface area contributed by atoms with E-state index in [-0.39, 0.29) is 24.2 Å². The van der Waals surface area contributed by atoms with Crippen LogP contribution in [0.5, 0.6) is 0 Å². The van der Waals surface area contributed by atoms with Crippen LogP contribution in [-0.4, -0.2) is 66.5 Å². The standard InChI is InChI=1S/C16H28N4O3S/c1-12(2)14-9-19(7-8-24(4,22)23)10-15(14)18-16(21)11-20-6-5-17-13(20)3/h5-6,12,14-15H,7-11H2,1-4H3,(H,18,21)/t14-,15+/m1/s1. The number of carbonyl (C=O) groups is 1. The van der Waals surface area contributed by atoms with Crippen molar-refractivity contribution in [2.75, 3.05) is 31.6 Å². The van der Waals surface area contributed by atoms with E-state index in [1.165, 1.54) is 6.26 Å². The van der Waals surface area contributed by atoms with E-state index in [0.29, 0.717) is 24.9 Å². The van der Waals surface area contributed by atoms with Gasteiger partial charge in [-0.25, -0.2) is 13.4 Å². The van der Waals surface area contributed by atoms with Crippen molar-refractivity contribution in [3.63, 3.8) is 0 Å². The van der Waals surface area contributed by atoms with Gasteiger partial charge in [-0.05, 0) is 18.8 Å². The van der Waals surface area contributed by atoms with Crippen molar-refractivity contribution in [1.82, 2.24) is 19.8 Å². The molecule has 1 aliphatic heterocycles. The zero-order chi connectivity index (χ0) is 17.9. The zero-order valence-electron chi connectivity index (χ0n) is 14.9. The van der Waals surface area contributed by atoms with Crippen LogP contribution in [0.15, 0.2) is 12.4 Å². The van der Waals surface area contributed by atoms with Crippen LogP contribution in [0, 0.1) is 18.8 Å². The molecule has 8 heteroatoms. The Kier molecular flexibility index (Phi) is 6.03. The Bertz CT molecular complexity index is 669. The second-order valence-electron chi connectivity index (χ2n) is 7.07. The highest BCUT2D eigenvalue weighted by molar-refractivity contribution is 7.90. The third-order valence-corrected chi connectivity index (χ3v) is 5.58. The third-order valence-electron chi connectivity index (χ3n) is 4.66. The number of hydrogen-bond acceptors (Lipinski definition) is 5. The van der Waals surface area contributed by atoms with Crippen LogP contribution in [0.25, 0.3) is 0 Å². The van der Waals surface area contributed by atoms with E-state index in [9.17, 15) is 13.2 Å². The van der Waals surface area contributed by atoms with Crippen molar-refractivity contribution < 1.29 is 13.2 Å². The van der Waals surface area contributed by atoms with Gasteiger partial charge in [0.2, 0.25) is 5.91 Å². The minimum absolute atomic E-state index is 0.0308. The van der Waals surface area contributed by atoms with E-state index in [2.05, 4.69) is 29.0 Å². The predicted molar refractivity (Wildman–Crippen MR) is 93.4 cm³/mol. The number of likely N-dealkylation sites (tertiary alicyclic amines) is 1. The molecule has 0 aromatic carbocycles. The monoisotopic (exact) mass is 356 g/mol. The van der Waals surface area contributed by atoms with Crippen LogP contribution >= 0.6 is 0 Å². The Balaban J connectivity index is 1.94. The van der Waals surface area contributed by atoms with Gasteiger partial charge in [-0.3, -0.25) is 9.69 Å². The van der Waals surface area contributed by atoms with E-state index >= 15 is 0 Å². The molecular weight excluding hydrogens is 328 g/mol. The lowest BCUT2D eigenvalue weighted by Crippen LogP contribution is -2.43. The lowest BCUT2D eigenvalue weighted by atomic mass is 9.91. The van der Waals surface area contributed by atoms with E-state index in [4.69, 9.17) is 0 Å². The fraction of sp³-hybridized carbons (Fsp3) is 0.750. The summed E-state index contributed by atoms with van der Waals surface area (Å²) in [6.07, 6.45) is 4.74. The average Bonchev–Trinajstić information content (AvgIpc) is 3.03. The summed E-state index contributed by atoms with van der Waals surface area (Å²) in [7, 11) is -2.97. The molecule has 1 amide bonds. The second-order valence-corrected chi connectivity index (χ2v) is 9.33. The number of carbonyl (C=O) groups excluding carboxylic acids is 1. The molecular formula is C16H28N4O3S. The van der Waals surface area contributed by atoms with Gasteiger partial charge < -0.3 is 9.88 Å². The number of nitrogens with zero attached hydrogens (tertiary/aromatic N) is 3. The second kappa shape index (κ2) is 7.65. The smallest absolute Gasteiger partial charge is 0.240 e. The molecule has 1 fully saturated rings. The first kappa shape index (κ1) is 18.9. The highest BCUT2D eigenvalue weighted by Gasteiger charge is 2.35. The van der Waals surface area contributed by atoms with Crippen molar-refractivity contribution in [2.45, 2.75) is 33.4 Å². The maximum atomic E-state index is 12.3. The molecule has 7 nitrogen and oxygen atoms in total. The van der Waals surface area contributed by atoms with E-state index in [1.54, 1.807) is 12.4 Å². The van der Waals surface area contributed by atoms with Gasteiger partial charge in [-0.15, -0.1) is 0 Å². The molecule has 2 atom stereocenters. The van der Waals surface area contributed by atoms with E-state index < -0.39 is 9.84 Å². The molecule has 1 saturated heterocycles. The quantitative estimate of drug-likeness (QED) is 0.760. The zero-order valence-corrected chi connectivity index (χ0v) is 15.7. The van der Waals surface area contributed by atoms with Gasteiger partial charge in [-0.1, -0.05) is 13.8 Å². The predicted octanol–water partition coefficient (Wildman–Crippen LogP) is 0.309. The van der Waals surface area contributed by atoms with Crippen molar-refractivity contribution in [2.24, 2.45) is 11.8 Å². The van der Waals surface area contributed by atoms with Crippen molar-refractivity contribution in [3.8, 4) is 0 Å². The largest absolute Gasteiger partial charge is 0.350 e. The molecule has 2 heterocycles. The molecule has 1 N–H and O–H groups in total. The van der Waals surface area contributed by atoms with Gasteiger partial charge in [0.1, 0.15) is 22.2 Å². The summed E-state index contributed by atoms with van der Waals surface area (Å²) in [5, 5.41) is 3.12. The highest BCUT2D eigenvalue weighted by Crippen LogP contribution is 2.24. The van der Waals surface area contributed by atoms with Crippen LogP contribution in [0.1, 0.15) is 19.7 Å². The van der Waals surface area contributed by atoms with Gasteiger partial charge in [0.25, 0.3) is 0 Å². The van der Waals surface area contributed by atoms with Crippen molar-refractivity contribution in [3.05, 3.63) is 18.2 Å². The topological polar surface area (TPSA) is 84.3 Å². The van der Waals surface area contributed by atoms with Gasteiger partial charge >= 0.3 is 0 Å². The first-order chi connectivity index (χ1) is 11.2. The highest BCUT2D eigenvalue weighted by atomic mass is 32.2. The normalized spacial score (nSPS) is 22.2. The van der Waals surface area contributed by atoms with Crippen molar-refractivity contribution in [1.29, 1.82) is 0 Å². The van der Waals surface area contributed by atoms with Crippen LogP contribution in [-0.2, 0) is 21.2 Å². The fourth-order valence-electron chi connectivity index (χ4n) is 3.20. The Morgan fingerprint density at radius 3 is 2.67 bits per heavy atom. The number of rotatable bonds is 7. The van der Waals surface area contributed by atoms with Gasteiger partial charge in [0, 0.05) is 44.3 Å². The summed E-state index contributed by atoms with van der Waals surface area (Å²) in [6.45, 7) is 8.46. The molecule has 0 radical (unpaired) electrons. The fourth-order valence-corrected chi connectivity index (χ4v) is 3.79. The van der Waals surface area contributed by atoms with E-state index in [1.807, 2.05) is 11.5 Å². The summed E-state index contributed by atoms with van der Waals surface area (Å²) in [6, 6.07) is 0.0564. The average molecular weight is 356 g/mol. The molecule has 0 bridgehead atoms. The molecule has 24 heavy (non-hydrogen) atoms. The minimum Gasteiger partial charge on any atom is -0.350 e. The Morgan fingerprint density at radius 2 is 2.12 bits per heavy atom. The Hall–Kier alpha value is -1.41. The molecule has 136 valence electrons. The van der Waals surface area contributed by atoms with E-state index in [0.717, 1.165) is 12.4 Å². The van der Waals surface area contributed by atoms with Crippen LogP contribution in [0.2, 0.25) is 0 Å². The minimum atomic E-state index is -2.97. The summed E-state index contributed by atoms with van der Waals surface area (Å²) in [4.78, 5) is 18.6. The number of amides is 1. The summed E-state index contributed by atoms with van der Waals surface area (Å²) < 4.78 is 24.5. The number of nitrogens with one attached hydrogen (secondary N) is 1. The first-order valence-electron chi connectivity index (χ1n) is 8.33. The number of imidazole rings is 1. The maximum absolute atomic E-state index is 12.3. The van der Waals surface area contributed by atoms with Crippen LogP contribution < -0.4 is 5.32 Å². The lowest BCUT2D eigenvalue weighted by molar-refractivity contribution is -0.122. The van der Waals surface area contributed by atoms with Gasteiger partial charge in [-0.2, -0.15) is 0 Å². The molecule has 2 rings (SSSR count). The molecule has 0 aliphatic carbocycles.